The summed E-state index contributed by atoms with van der Waals surface area (Å²) in [4.78, 5) is 8.71. The third-order valence-electron chi connectivity index (χ3n) is 5.91. The van der Waals surface area contributed by atoms with E-state index in [4.69, 9.17) is 0 Å². The second kappa shape index (κ2) is 6.44. The summed E-state index contributed by atoms with van der Waals surface area (Å²) in [5.41, 5.74) is 5.34. The lowest BCUT2D eigenvalue weighted by molar-refractivity contribution is 0.584. The second-order valence-electron chi connectivity index (χ2n) is 7.86. The zero-order valence-electron chi connectivity index (χ0n) is 16.5. The molecule has 1 aliphatic heterocycles. The smallest absolute Gasteiger partial charge is 0.135 e. The molecule has 3 aromatic rings. The topological polar surface area (TPSA) is 24.3 Å². The average Bonchev–Trinajstić information content (AvgIpc) is 3.43. The highest BCUT2D eigenvalue weighted by Gasteiger charge is 2.31. The Morgan fingerprint density at radius 3 is 2.52 bits per heavy atom. The van der Waals surface area contributed by atoms with E-state index in [0.29, 0.717) is 18.0 Å². The lowest BCUT2D eigenvalue weighted by Crippen LogP contribution is -2.20. The number of hydrogen-bond donors (Lipinski definition) is 0. The summed E-state index contributed by atoms with van der Waals surface area (Å²) < 4.78 is 30.0. The summed E-state index contributed by atoms with van der Waals surface area (Å²) >= 11 is 0. The van der Waals surface area contributed by atoms with Crippen molar-refractivity contribution in [3.8, 4) is 11.3 Å². The molecular formula is C23H22F2N4. The first kappa shape index (κ1) is 17.9. The van der Waals surface area contributed by atoms with Crippen LogP contribution in [0.3, 0.4) is 0 Å². The Balaban J connectivity index is 1.56. The van der Waals surface area contributed by atoms with Crippen LogP contribution in [0.2, 0.25) is 0 Å². The molecule has 0 atom stereocenters. The van der Waals surface area contributed by atoms with Gasteiger partial charge in [0.05, 0.1) is 29.1 Å². The molecule has 1 aromatic heterocycles. The number of hydrogen-bond acceptors (Lipinski definition) is 3. The largest absolute Gasteiger partial charge is 0.330 e. The van der Waals surface area contributed by atoms with Crippen LogP contribution in [0.4, 0.5) is 20.2 Å². The summed E-state index contributed by atoms with van der Waals surface area (Å²) in [6.07, 6.45) is 3.89. The van der Waals surface area contributed by atoms with Gasteiger partial charge in [-0.05, 0) is 42.7 Å². The molecule has 1 aliphatic carbocycles. The number of fused-ring (bicyclic) bond motifs is 1. The molecule has 0 unspecified atom stereocenters. The van der Waals surface area contributed by atoms with Gasteiger partial charge in [-0.1, -0.05) is 12.6 Å². The van der Waals surface area contributed by atoms with E-state index >= 15 is 0 Å². The summed E-state index contributed by atoms with van der Waals surface area (Å²) in [7, 11) is 3.99. The van der Waals surface area contributed by atoms with Crippen LogP contribution in [0.25, 0.3) is 11.3 Å². The maximum absolute atomic E-state index is 14.6. The minimum Gasteiger partial charge on any atom is -0.330 e. The van der Waals surface area contributed by atoms with Crippen LogP contribution in [-0.2, 0) is 6.54 Å². The number of aromatic nitrogens is 2. The molecule has 29 heavy (non-hydrogen) atoms. The molecule has 5 rings (SSSR count). The Morgan fingerprint density at radius 1 is 1.03 bits per heavy atom. The molecule has 6 heteroatoms. The van der Waals surface area contributed by atoms with Crippen LogP contribution < -0.4 is 9.80 Å². The van der Waals surface area contributed by atoms with Gasteiger partial charge in [-0.2, -0.15) is 0 Å². The molecule has 0 N–H and O–H groups in total. The van der Waals surface area contributed by atoms with Crippen molar-refractivity contribution in [2.24, 2.45) is 0 Å². The number of halogens is 2. The fourth-order valence-corrected chi connectivity index (χ4v) is 4.07. The number of benzene rings is 2. The quantitative estimate of drug-likeness (QED) is 0.617. The van der Waals surface area contributed by atoms with Gasteiger partial charge >= 0.3 is 0 Å². The molecule has 4 nitrogen and oxygen atoms in total. The molecule has 2 aromatic carbocycles. The molecule has 0 spiro atoms. The van der Waals surface area contributed by atoms with E-state index in [1.165, 1.54) is 12.1 Å². The van der Waals surface area contributed by atoms with Gasteiger partial charge in [-0.25, -0.2) is 13.8 Å². The first-order valence-corrected chi connectivity index (χ1v) is 9.74. The van der Waals surface area contributed by atoms with Gasteiger partial charge in [0, 0.05) is 38.2 Å². The summed E-state index contributed by atoms with van der Waals surface area (Å²) in [5, 5.41) is 0. The van der Waals surface area contributed by atoms with E-state index in [1.54, 1.807) is 6.33 Å². The zero-order chi connectivity index (χ0) is 20.3. The third kappa shape index (κ3) is 2.90. The maximum Gasteiger partial charge on any atom is 0.135 e. The van der Waals surface area contributed by atoms with Crippen molar-refractivity contribution >= 4 is 11.4 Å². The Kier molecular flexibility index (Phi) is 3.98. The molecule has 0 radical (unpaired) electrons. The van der Waals surface area contributed by atoms with Gasteiger partial charge in [0.2, 0.25) is 0 Å². The van der Waals surface area contributed by atoms with E-state index in [-0.39, 0.29) is 0 Å². The van der Waals surface area contributed by atoms with E-state index < -0.39 is 11.6 Å². The molecule has 0 amide bonds. The van der Waals surface area contributed by atoms with E-state index in [2.05, 4.69) is 39.6 Å². The van der Waals surface area contributed by atoms with Gasteiger partial charge in [-0.3, -0.25) is 0 Å². The van der Waals surface area contributed by atoms with E-state index in [9.17, 15) is 8.78 Å². The fraction of sp³-hybridized carbons (Fsp3) is 0.261. The minimum absolute atomic E-state index is 0.360. The lowest BCUT2D eigenvalue weighted by atomic mass is 10.1. The highest BCUT2D eigenvalue weighted by Crippen LogP contribution is 2.44. The molecule has 0 bridgehead atoms. The van der Waals surface area contributed by atoms with Crippen LogP contribution in [0.15, 0.2) is 55.1 Å². The predicted molar refractivity (Wildman–Crippen MR) is 111 cm³/mol. The zero-order valence-corrected chi connectivity index (χ0v) is 16.5. The predicted octanol–water partition coefficient (Wildman–Crippen LogP) is 5.11. The Hall–Kier alpha value is -3.15. The van der Waals surface area contributed by atoms with Crippen LogP contribution in [0.5, 0.6) is 0 Å². The minimum atomic E-state index is -0.573. The standard InChI is InChI=1S/C23H22F2N4/c1-14-27(2)20-9-4-15(10-21(20)28(14)3)12-29-13-26-22(16-5-6-16)23(29)18-8-7-17(24)11-19(18)25/h4,7-11,13,16H,1,5-6,12H2,2-3H3. The molecule has 2 aliphatic rings. The number of nitrogens with zero attached hydrogens (tertiary/aromatic N) is 4. The van der Waals surface area contributed by atoms with Gasteiger partial charge < -0.3 is 14.4 Å². The van der Waals surface area contributed by atoms with Crippen LogP contribution in [-0.4, -0.2) is 23.6 Å². The van der Waals surface area contributed by atoms with Gasteiger partial charge in [0.25, 0.3) is 0 Å². The first-order valence-electron chi connectivity index (χ1n) is 9.74. The van der Waals surface area contributed by atoms with Crippen LogP contribution in [0, 0.1) is 11.6 Å². The fourth-order valence-electron chi connectivity index (χ4n) is 4.07. The normalized spacial score (nSPS) is 15.9. The van der Waals surface area contributed by atoms with Crippen molar-refractivity contribution < 1.29 is 8.78 Å². The highest BCUT2D eigenvalue weighted by molar-refractivity contribution is 5.82. The van der Waals surface area contributed by atoms with Crippen molar-refractivity contribution in [3.05, 3.63) is 78.0 Å². The Bertz CT molecular complexity index is 1130. The lowest BCUT2D eigenvalue weighted by Gasteiger charge is -2.16. The van der Waals surface area contributed by atoms with Gasteiger partial charge in [-0.15, -0.1) is 0 Å². The average molecular weight is 392 g/mol. The summed E-state index contributed by atoms with van der Waals surface area (Å²) in [6.45, 7) is 4.67. The first-order chi connectivity index (χ1) is 13.9. The van der Waals surface area contributed by atoms with Gasteiger partial charge in [0.15, 0.2) is 0 Å². The SMILES string of the molecule is C=C1N(C)c2ccc(Cn3cnc(C4CC4)c3-c3ccc(F)cc3F)cc2N1C. The van der Waals surface area contributed by atoms with Gasteiger partial charge in [0.1, 0.15) is 17.5 Å². The Morgan fingerprint density at radius 2 is 1.79 bits per heavy atom. The number of imidazole rings is 1. The van der Waals surface area contributed by atoms with E-state index in [1.807, 2.05) is 18.7 Å². The molecule has 0 saturated heterocycles. The second-order valence-corrected chi connectivity index (χ2v) is 7.86. The highest BCUT2D eigenvalue weighted by atomic mass is 19.1. The molecule has 1 saturated carbocycles. The monoisotopic (exact) mass is 392 g/mol. The van der Waals surface area contributed by atoms with Crippen molar-refractivity contribution in [1.82, 2.24) is 9.55 Å². The number of anilines is 2. The van der Waals surface area contributed by atoms with Crippen LogP contribution >= 0.6 is 0 Å². The number of rotatable bonds is 4. The molecular weight excluding hydrogens is 370 g/mol. The van der Waals surface area contributed by atoms with Crippen LogP contribution in [0.1, 0.15) is 30.0 Å². The summed E-state index contributed by atoms with van der Waals surface area (Å²) in [6, 6.07) is 10.0. The van der Waals surface area contributed by atoms with Crippen molar-refractivity contribution in [2.75, 3.05) is 23.9 Å². The van der Waals surface area contributed by atoms with Crippen molar-refractivity contribution in [2.45, 2.75) is 25.3 Å². The molecule has 1 fully saturated rings. The maximum atomic E-state index is 14.6. The summed E-state index contributed by atoms with van der Waals surface area (Å²) in [5.74, 6) is 0.153. The third-order valence-corrected chi connectivity index (χ3v) is 5.91. The molecule has 148 valence electrons. The van der Waals surface area contributed by atoms with Crippen molar-refractivity contribution in [3.63, 3.8) is 0 Å². The van der Waals surface area contributed by atoms with Crippen molar-refractivity contribution in [1.29, 1.82) is 0 Å². The molecule has 2 heterocycles. The Labute approximate surface area is 168 Å². The van der Waals surface area contributed by atoms with E-state index in [0.717, 1.165) is 53.1 Å².